The van der Waals surface area contributed by atoms with Crippen LogP contribution in [0.15, 0.2) is 71.4 Å². The molecule has 1 aliphatic rings. The second kappa shape index (κ2) is 7.00. The van der Waals surface area contributed by atoms with Crippen molar-refractivity contribution in [1.82, 2.24) is 14.5 Å². The number of allylic oxidation sites excluding steroid dienone is 1. The third kappa shape index (κ3) is 2.91. The zero-order valence-corrected chi connectivity index (χ0v) is 15.2. The van der Waals surface area contributed by atoms with E-state index in [1.54, 1.807) is 41.5 Å². The van der Waals surface area contributed by atoms with Crippen LogP contribution in [0.2, 0.25) is 0 Å². The first-order valence-corrected chi connectivity index (χ1v) is 8.71. The lowest BCUT2D eigenvalue weighted by Crippen LogP contribution is -2.33. The number of hydrogen-bond acceptors (Lipinski definition) is 6. The van der Waals surface area contributed by atoms with Gasteiger partial charge >= 0.3 is 0 Å². The van der Waals surface area contributed by atoms with E-state index in [-0.39, 0.29) is 17.0 Å². The van der Waals surface area contributed by atoms with Crippen LogP contribution < -0.4 is 16.0 Å². The van der Waals surface area contributed by atoms with Gasteiger partial charge in [-0.25, -0.2) is 0 Å². The molecule has 7 heteroatoms. The third-order valence-electron chi connectivity index (χ3n) is 4.77. The average Bonchev–Trinajstić information content (AvgIpc) is 2.71. The van der Waals surface area contributed by atoms with Gasteiger partial charge in [0.15, 0.2) is 0 Å². The fourth-order valence-electron chi connectivity index (χ4n) is 3.44. The first-order valence-electron chi connectivity index (χ1n) is 8.71. The largest absolute Gasteiger partial charge is 0.440 e. The van der Waals surface area contributed by atoms with E-state index in [1.807, 2.05) is 25.1 Å². The predicted molar refractivity (Wildman–Crippen MR) is 102 cm³/mol. The SMILES string of the molecule is Cc1cc2c(c(=O)n1Cc1cccnc1)C(c1cccnc1)C(C#N)=C(N)O2. The van der Waals surface area contributed by atoms with Gasteiger partial charge in [-0.2, -0.15) is 5.26 Å². The van der Waals surface area contributed by atoms with E-state index in [0.29, 0.717) is 23.4 Å². The summed E-state index contributed by atoms with van der Waals surface area (Å²) in [5.74, 6) is -0.251. The zero-order valence-electron chi connectivity index (χ0n) is 15.2. The monoisotopic (exact) mass is 371 g/mol. The Balaban J connectivity index is 1.93. The first kappa shape index (κ1) is 17.5. The van der Waals surface area contributed by atoms with Gasteiger partial charge in [0.25, 0.3) is 5.56 Å². The number of nitrogens with two attached hydrogens (primary N) is 1. The second-order valence-electron chi connectivity index (χ2n) is 6.53. The predicted octanol–water partition coefficient (Wildman–Crippen LogP) is 2.21. The first-order chi connectivity index (χ1) is 13.6. The molecule has 138 valence electrons. The Morgan fingerprint density at radius 3 is 2.64 bits per heavy atom. The van der Waals surface area contributed by atoms with Gasteiger partial charge in [-0.05, 0) is 30.2 Å². The molecule has 0 aliphatic carbocycles. The molecule has 3 aromatic heterocycles. The number of rotatable bonds is 3. The van der Waals surface area contributed by atoms with Gasteiger partial charge in [0.05, 0.1) is 18.0 Å². The summed E-state index contributed by atoms with van der Waals surface area (Å²) in [7, 11) is 0. The molecule has 1 aliphatic heterocycles. The van der Waals surface area contributed by atoms with Gasteiger partial charge in [0.2, 0.25) is 5.88 Å². The number of aromatic nitrogens is 3. The lowest BCUT2D eigenvalue weighted by Gasteiger charge is -2.27. The summed E-state index contributed by atoms with van der Waals surface area (Å²) in [6, 6.07) is 11.2. The Morgan fingerprint density at radius 1 is 1.25 bits per heavy atom. The molecule has 28 heavy (non-hydrogen) atoms. The Kier molecular flexibility index (Phi) is 4.38. The Bertz CT molecular complexity index is 1160. The normalized spacial score (nSPS) is 15.5. The van der Waals surface area contributed by atoms with E-state index in [1.165, 1.54) is 0 Å². The zero-order chi connectivity index (χ0) is 19.7. The van der Waals surface area contributed by atoms with Crippen molar-refractivity contribution in [2.45, 2.75) is 19.4 Å². The second-order valence-corrected chi connectivity index (χ2v) is 6.53. The van der Waals surface area contributed by atoms with E-state index < -0.39 is 5.92 Å². The van der Waals surface area contributed by atoms with Crippen molar-refractivity contribution in [2.24, 2.45) is 5.73 Å². The maximum Gasteiger partial charge on any atom is 0.259 e. The molecule has 1 unspecified atom stereocenters. The molecular formula is C21H17N5O2. The minimum atomic E-state index is -0.629. The Labute approximate surface area is 161 Å². The van der Waals surface area contributed by atoms with Gasteiger partial charge in [-0.15, -0.1) is 0 Å². The molecule has 4 rings (SSSR count). The fourth-order valence-corrected chi connectivity index (χ4v) is 3.44. The van der Waals surface area contributed by atoms with Gasteiger partial charge in [-0.1, -0.05) is 12.1 Å². The van der Waals surface area contributed by atoms with Crippen molar-refractivity contribution in [2.75, 3.05) is 0 Å². The molecule has 2 N–H and O–H groups in total. The van der Waals surface area contributed by atoms with Crippen molar-refractivity contribution >= 4 is 0 Å². The molecule has 0 aromatic carbocycles. The summed E-state index contributed by atoms with van der Waals surface area (Å²) >= 11 is 0. The molecule has 0 saturated carbocycles. The smallest absolute Gasteiger partial charge is 0.259 e. The van der Waals surface area contributed by atoms with E-state index in [0.717, 1.165) is 11.3 Å². The highest BCUT2D eigenvalue weighted by atomic mass is 16.5. The number of nitrogens with zero attached hydrogens (tertiary/aromatic N) is 4. The summed E-state index contributed by atoms with van der Waals surface area (Å²) in [5.41, 5.74) is 8.69. The van der Waals surface area contributed by atoms with Crippen LogP contribution in [-0.4, -0.2) is 14.5 Å². The van der Waals surface area contributed by atoms with E-state index in [9.17, 15) is 10.1 Å². The van der Waals surface area contributed by atoms with Crippen LogP contribution in [0, 0.1) is 18.3 Å². The number of hydrogen-bond donors (Lipinski definition) is 1. The topological polar surface area (TPSA) is 107 Å². The molecule has 3 aromatic rings. The van der Waals surface area contributed by atoms with Crippen LogP contribution in [0.5, 0.6) is 5.75 Å². The van der Waals surface area contributed by atoms with Crippen LogP contribution in [0.3, 0.4) is 0 Å². The Hall–Kier alpha value is -3.92. The molecule has 1 atom stereocenters. The molecule has 4 heterocycles. The lowest BCUT2D eigenvalue weighted by molar-refractivity contribution is 0.389. The number of aryl methyl sites for hydroxylation is 1. The van der Waals surface area contributed by atoms with Crippen LogP contribution in [0.1, 0.15) is 28.3 Å². The summed E-state index contributed by atoms with van der Waals surface area (Å²) in [4.78, 5) is 21.7. The van der Waals surface area contributed by atoms with Crippen molar-refractivity contribution in [1.29, 1.82) is 5.26 Å². The van der Waals surface area contributed by atoms with Gasteiger partial charge < -0.3 is 15.0 Å². The number of fused-ring (bicyclic) bond motifs is 1. The van der Waals surface area contributed by atoms with Crippen molar-refractivity contribution in [3.8, 4) is 11.8 Å². The van der Waals surface area contributed by atoms with E-state index in [2.05, 4.69) is 16.0 Å². The highest BCUT2D eigenvalue weighted by Crippen LogP contribution is 2.40. The minimum Gasteiger partial charge on any atom is -0.440 e. The van der Waals surface area contributed by atoms with E-state index >= 15 is 0 Å². The van der Waals surface area contributed by atoms with Crippen LogP contribution in [0.4, 0.5) is 0 Å². The number of pyridine rings is 3. The summed E-state index contributed by atoms with van der Waals surface area (Å²) in [6.07, 6.45) is 6.68. The van der Waals surface area contributed by atoms with Crippen molar-refractivity contribution in [3.63, 3.8) is 0 Å². The Morgan fingerprint density at radius 2 is 2.00 bits per heavy atom. The van der Waals surface area contributed by atoms with Gasteiger partial charge in [0, 0.05) is 36.5 Å². The van der Waals surface area contributed by atoms with E-state index in [4.69, 9.17) is 10.5 Å². The molecular weight excluding hydrogens is 354 g/mol. The van der Waals surface area contributed by atoms with Crippen LogP contribution in [0.25, 0.3) is 0 Å². The van der Waals surface area contributed by atoms with Crippen LogP contribution in [-0.2, 0) is 6.54 Å². The average molecular weight is 371 g/mol. The maximum atomic E-state index is 13.5. The third-order valence-corrected chi connectivity index (χ3v) is 4.77. The molecule has 0 radical (unpaired) electrons. The maximum absolute atomic E-state index is 13.5. The lowest BCUT2D eigenvalue weighted by atomic mass is 9.85. The molecule has 0 amide bonds. The summed E-state index contributed by atoms with van der Waals surface area (Å²) in [6.45, 7) is 2.20. The molecule has 7 nitrogen and oxygen atoms in total. The molecule has 0 bridgehead atoms. The summed E-state index contributed by atoms with van der Waals surface area (Å²) < 4.78 is 7.29. The highest BCUT2D eigenvalue weighted by Gasteiger charge is 2.34. The van der Waals surface area contributed by atoms with Crippen molar-refractivity contribution in [3.05, 3.63) is 99.3 Å². The molecule has 0 saturated heterocycles. The van der Waals surface area contributed by atoms with Gasteiger partial charge in [-0.3, -0.25) is 14.8 Å². The molecule has 0 spiro atoms. The highest BCUT2D eigenvalue weighted by molar-refractivity contribution is 5.54. The summed E-state index contributed by atoms with van der Waals surface area (Å²) in [5, 5.41) is 9.66. The van der Waals surface area contributed by atoms with Crippen molar-refractivity contribution < 1.29 is 4.74 Å². The minimum absolute atomic E-state index is 0.00709. The van der Waals surface area contributed by atoms with Crippen LogP contribution >= 0.6 is 0 Å². The number of ether oxygens (including phenoxy) is 1. The molecule has 0 fully saturated rings. The standard InChI is InChI=1S/C21H17N5O2/c1-13-8-17-19(21(27)26(13)12-14-4-2-6-24-10-14)18(15-5-3-7-25-11-15)16(9-22)20(23)28-17/h2-8,10-11,18H,12,23H2,1H3. The fraction of sp³-hybridized carbons (Fsp3) is 0.143. The van der Waals surface area contributed by atoms with Gasteiger partial charge in [0.1, 0.15) is 17.4 Å². The number of nitriles is 1. The quantitative estimate of drug-likeness (QED) is 0.756.